The first-order chi connectivity index (χ1) is 14.3. The van der Waals surface area contributed by atoms with Crippen LogP contribution in [-0.2, 0) is 17.9 Å². The van der Waals surface area contributed by atoms with Crippen molar-refractivity contribution in [1.82, 2.24) is 24.6 Å². The third-order valence-electron chi connectivity index (χ3n) is 4.64. The summed E-state index contributed by atoms with van der Waals surface area (Å²) in [5.41, 5.74) is 3.07. The summed E-state index contributed by atoms with van der Waals surface area (Å²) < 4.78 is 7.22. The highest BCUT2D eigenvalue weighted by Gasteiger charge is 2.16. The Hall–Kier alpha value is -3.36. The number of methoxy groups -OCH3 is 1. The molecule has 0 aliphatic heterocycles. The standard InChI is InChI=1S/C21H18N6OS/c1-28-12-16-23-20(22-11-18-26-25-17-9-5-6-10-27(17)18)19-15(13-29-21(19)24-16)14-7-3-2-4-8-14/h2-10,13H,11-12H2,1H3,(H,22,23,24). The van der Waals surface area contributed by atoms with Crippen LogP contribution >= 0.6 is 11.3 Å². The van der Waals surface area contributed by atoms with Gasteiger partial charge in [0.2, 0.25) is 0 Å². The minimum Gasteiger partial charge on any atom is -0.377 e. The van der Waals surface area contributed by atoms with Crippen LogP contribution in [0.3, 0.4) is 0 Å². The molecule has 4 aromatic heterocycles. The quantitative estimate of drug-likeness (QED) is 0.460. The van der Waals surface area contributed by atoms with Crippen molar-refractivity contribution in [2.24, 2.45) is 0 Å². The van der Waals surface area contributed by atoms with Gasteiger partial charge in [-0.15, -0.1) is 21.5 Å². The fourth-order valence-electron chi connectivity index (χ4n) is 3.31. The van der Waals surface area contributed by atoms with Crippen LogP contribution < -0.4 is 5.32 Å². The van der Waals surface area contributed by atoms with Crippen LogP contribution in [0.25, 0.3) is 27.0 Å². The second-order valence-electron chi connectivity index (χ2n) is 6.52. The van der Waals surface area contributed by atoms with E-state index in [1.54, 1.807) is 18.4 Å². The molecule has 8 heteroatoms. The van der Waals surface area contributed by atoms with E-state index in [0.29, 0.717) is 19.0 Å². The second kappa shape index (κ2) is 7.57. The fourth-order valence-corrected chi connectivity index (χ4v) is 4.28. The highest BCUT2D eigenvalue weighted by Crippen LogP contribution is 2.37. The van der Waals surface area contributed by atoms with Gasteiger partial charge in [-0.05, 0) is 17.7 Å². The SMILES string of the molecule is COCc1nc(NCc2nnc3ccccn23)c2c(-c3ccccc3)csc2n1. The highest BCUT2D eigenvalue weighted by atomic mass is 32.1. The Morgan fingerprint density at radius 2 is 1.90 bits per heavy atom. The van der Waals surface area contributed by atoms with Crippen molar-refractivity contribution >= 4 is 33.0 Å². The maximum Gasteiger partial charge on any atom is 0.160 e. The second-order valence-corrected chi connectivity index (χ2v) is 7.37. The molecule has 4 heterocycles. The molecule has 0 radical (unpaired) electrons. The molecule has 0 saturated heterocycles. The molecule has 0 atom stereocenters. The van der Waals surface area contributed by atoms with Crippen LogP contribution in [0.5, 0.6) is 0 Å². The van der Waals surface area contributed by atoms with E-state index < -0.39 is 0 Å². The number of hydrogen-bond donors (Lipinski definition) is 1. The zero-order valence-corrected chi connectivity index (χ0v) is 16.6. The van der Waals surface area contributed by atoms with Crippen molar-refractivity contribution in [2.75, 3.05) is 12.4 Å². The lowest BCUT2D eigenvalue weighted by molar-refractivity contribution is 0.178. The summed E-state index contributed by atoms with van der Waals surface area (Å²) in [5, 5.41) is 15.1. The zero-order valence-electron chi connectivity index (χ0n) is 15.7. The van der Waals surface area contributed by atoms with Gasteiger partial charge in [0.1, 0.15) is 17.3 Å². The van der Waals surface area contributed by atoms with Crippen molar-refractivity contribution in [3.05, 3.63) is 71.8 Å². The summed E-state index contributed by atoms with van der Waals surface area (Å²) in [6.45, 7) is 0.852. The molecule has 5 aromatic rings. The first-order valence-electron chi connectivity index (χ1n) is 9.18. The molecule has 5 rings (SSSR count). The Kier molecular flexibility index (Phi) is 4.63. The number of nitrogens with one attached hydrogen (secondary N) is 1. The maximum atomic E-state index is 5.26. The van der Waals surface area contributed by atoms with Gasteiger partial charge in [0.15, 0.2) is 17.3 Å². The number of benzene rings is 1. The molecule has 0 spiro atoms. The molecule has 0 saturated carbocycles. The zero-order chi connectivity index (χ0) is 19.6. The molecule has 29 heavy (non-hydrogen) atoms. The summed E-state index contributed by atoms with van der Waals surface area (Å²) in [6, 6.07) is 16.1. The lowest BCUT2D eigenvalue weighted by Crippen LogP contribution is -2.08. The van der Waals surface area contributed by atoms with Gasteiger partial charge in [0, 0.05) is 24.3 Å². The molecule has 0 aliphatic carbocycles. The van der Waals surface area contributed by atoms with Crippen molar-refractivity contribution in [1.29, 1.82) is 0 Å². The molecule has 7 nitrogen and oxygen atoms in total. The molecule has 0 bridgehead atoms. The normalized spacial score (nSPS) is 11.3. The number of nitrogens with zero attached hydrogens (tertiary/aromatic N) is 5. The predicted molar refractivity (Wildman–Crippen MR) is 114 cm³/mol. The van der Waals surface area contributed by atoms with Crippen molar-refractivity contribution in [2.45, 2.75) is 13.2 Å². The van der Waals surface area contributed by atoms with E-state index in [4.69, 9.17) is 9.72 Å². The Morgan fingerprint density at radius 1 is 1.03 bits per heavy atom. The van der Waals surface area contributed by atoms with E-state index in [0.717, 1.165) is 38.6 Å². The predicted octanol–water partition coefficient (Wildman–Crippen LogP) is 4.16. The summed E-state index contributed by atoms with van der Waals surface area (Å²) in [4.78, 5) is 10.3. The molecular formula is C21H18N6OS. The Labute approximate surface area is 171 Å². The largest absolute Gasteiger partial charge is 0.377 e. The number of ether oxygens (including phenoxy) is 1. The number of rotatable bonds is 6. The number of anilines is 1. The van der Waals surface area contributed by atoms with E-state index >= 15 is 0 Å². The van der Waals surface area contributed by atoms with Gasteiger partial charge in [0.05, 0.1) is 11.9 Å². The summed E-state index contributed by atoms with van der Waals surface area (Å²) >= 11 is 1.61. The summed E-state index contributed by atoms with van der Waals surface area (Å²) in [6.07, 6.45) is 1.96. The number of fused-ring (bicyclic) bond motifs is 2. The lowest BCUT2D eigenvalue weighted by atomic mass is 10.1. The molecule has 144 valence electrons. The first-order valence-corrected chi connectivity index (χ1v) is 10.1. The third kappa shape index (κ3) is 3.32. The topological polar surface area (TPSA) is 77.2 Å². The average molecular weight is 402 g/mol. The first kappa shape index (κ1) is 17.7. The molecule has 0 fully saturated rings. The lowest BCUT2D eigenvalue weighted by Gasteiger charge is -2.10. The molecule has 0 unspecified atom stereocenters. The third-order valence-corrected chi connectivity index (χ3v) is 5.51. The molecule has 1 aromatic carbocycles. The highest BCUT2D eigenvalue weighted by molar-refractivity contribution is 7.17. The number of hydrogen-bond acceptors (Lipinski definition) is 7. The van der Waals surface area contributed by atoms with Gasteiger partial charge in [-0.2, -0.15) is 0 Å². The summed E-state index contributed by atoms with van der Waals surface area (Å²) in [7, 11) is 1.65. The van der Waals surface area contributed by atoms with Crippen LogP contribution in [0.15, 0.2) is 60.1 Å². The van der Waals surface area contributed by atoms with E-state index in [1.807, 2.05) is 47.0 Å². The van der Waals surface area contributed by atoms with Crippen LogP contribution in [0.1, 0.15) is 11.6 Å². The van der Waals surface area contributed by atoms with Gasteiger partial charge in [0.25, 0.3) is 0 Å². The van der Waals surface area contributed by atoms with Gasteiger partial charge in [-0.3, -0.25) is 4.40 Å². The Balaban J connectivity index is 1.57. The van der Waals surface area contributed by atoms with E-state index in [2.05, 4.69) is 38.0 Å². The van der Waals surface area contributed by atoms with Gasteiger partial charge in [-0.1, -0.05) is 36.4 Å². The van der Waals surface area contributed by atoms with E-state index in [9.17, 15) is 0 Å². The van der Waals surface area contributed by atoms with Crippen LogP contribution in [0.4, 0.5) is 5.82 Å². The summed E-state index contributed by atoms with van der Waals surface area (Å²) in [5.74, 6) is 2.24. The van der Waals surface area contributed by atoms with Crippen LogP contribution in [0, 0.1) is 0 Å². The minimum absolute atomic E-state index is 0.358. The van der Waals surface area contributed by atoms with E-state index in [1.165, 1.54) is 0 Å². The molecule has 0 aliphatic rings. The van der Waals surface area contributed by atoms with Crippen molar-refractivity contribution < 1.29 is 4.74 Å². The minimum atomic E-state index is 0.358. The Morgan fingerprint density at radius 3 is 2.76 bits per heavy atom. The number of pyridine rings is 1. The van der Waals surface area contributed by atoms with E-state index in [-0.39, 0.29) is 0 Å². The van der Waals surface area contributed by atoms with Gasteiger partial charge < -0.3 is 10.1 Å². The van der Waals surface area contributed by atoms with Crippen molar-refractivity contribution in [3.63, 3.8) is 0 Å². The average Bonchev–Trinajstić information content (AvgIpc) is 3.37. The number of thiophene rings is 1. The fraction of sp³-hybridized carbons (Fsp3) is 0.143. The maximum absolute atomic E-state index is 5.26. The number of aromatic nitrogens is 5. The van der Waals surface area contributed by atoms with Crippen LogP contribution in [-0.4, -0.2) is 31.7 Å². The monoisotopic (exact) mass is 402 g/mol. The van der Waals surface area contributed by atoms with Crippen LogP contribution in [0.2, 0.25) is 0 Å². The smallest absolute Gasteiger partial charge is 0.160 e. The van der Waals surface area contributed by atoms with Crippen molar-refractivity contribution in [3.8, 4) is 11.1 Å². The van der Waals surface area contributed by atoms with Gasteiger partial charge >= 0.3 is 0 Å². The molecule has 0 amide bonds. The van der Waals surface area contributed by atoms with Gasteiger partial charge in [-0.25, -0.2) is 9.97 Å². The molecule has 1 N–H and O–H groups in total. The Bertz CT molecular complexity index is 1280. The molecular weight excluding hydrogens is 384 g/mol.